The van der Waals surface area contributed by atoms with Crippen molar-refractivity contribution < 1.29 is 9.57 Å². The number of nitrogens with zero attached hydrogens (tertiary/aromatic N) is 1. The van der Waals surface area contributed by atoms with Gasteiger partial charge in [0, 0.05) is 0 Å². The predicted molar refractivity (Wildman–Crippen MR) is 61.4 cm³/mol. The summed E-state index contributed by atoms with van der Waals surface area (Å²) >= 11 is 0. The summed E-state index contributed by atoms with van der Waals surface area (Å²) in [5.74, 6) is 0.832. The number of hydrogen-bond donors (Lipinski definition) is 0. The molecule has 0 aliphatic rings. The molecule has 0 saturated carbocycles. The van der Waals surface area contributed by atoms with Crippen molar-refractivity contribution in [3.63, 3.8) is 0 Å². The lowest BCUT2D eigenvalue weighted by Crippen LogP contribution is -1.96. The first-order valence-corrected chi connectivity index (χ1v) is 4.70. The summed E-state index contributed by atoms with van der Waals surface area (Å²) in [4.78, 5) is 4.99. The minimum absolute atomic E-state index is 0.424. The largest absolute Gasteiger partial charge is 0.497 e. The van der Waals surface area contributed by atoms with E-state index in [1.165, 1.54) is 0 Å². The SMILES string of the molecule is C=CCO/N=C(\C)c1ccc(OC)cc1. The highest BCUT2D eigenvalue weighted by molar-refractivity contribution is 5.98. The van der Waals surface area contributed by atoms with Crippen molar-refractivity contribution in [3.8, 4) is 5.75 Å². The topological polar surface area (TPSA) is 30.8 Å². The normalized spacial score (nSPS) is 10.9. The molecule has 3 heteroatoms. The molecule has 0 aliphatic heterocycles. The van der Waals surface area contributed by atoms with Gasteiger partial charge < -0.3 is 9.57 Å². The van der Waals surface area contributed by atoms with Gasteiger partial charge in [-0.05, 0) is 36.8 Å². The second-order valence-corrected chi connectivity index (χ2v) is 2.99. The lowest BCUT2D eigenvalue weighted by molar-refractivity contribution is 0.175. The Hall–Kier alpha value is -1.77. The highest BCUT2D eigenvalue weighted by Gasteiger charge is 1.98. The Bertz CT molecular complexity index is 341. The van der Waals surface area contributed by atoms with Gasteiger partial charge in [-0.25, -0.2) is 0 Å². The van der Waals surface area contributed by atoms with Gasteiger partial charge in [0.05, 0.1) is 12.8 Å². The van der Waals surface area contributed by atoms with Gasteiger partial charge in [-0.15, -0.1) is 0 Å². The third-order valence-electron chi connectivity index (χ3n) is 1.90. The number of hydrogen-bond acceptors (Lipinski definition) is 3. The van der Waals surface area contributed by atoms with Crippen LogP contribution in [-0.2, 0) is 4.84 Å². The Balaban J connectivity index is 2.68. The van der Waals surface area contributed by atoms with Crippen molar-refractivity contribution in [1.29, 1.82) is 0 Å². The van der Waals surface area contributed by atoms with Crippen LogP contribution in [-0.4, -0.2) is 19.4 Å². The average molecular weight is 205 g/mol. The first-order chi connectivity index (χ1) is 7.27. The first-order valence-electron chi connectivity index (χ1n) is 4.70. The molecule has 15 heavy (non-hydrogen) atoms. The Morgan fingerprint density at radius 3 is 2.60 bits per heavy atom. The quantitative estimate of drug-likeness (QED) is 0.320. The molecule has 0 saturated heterocycles. The third-order valence-corrected chi connectivity index (χ3v) is 1.90. The molecule has 0 heterocycles. The molecular formula is C12H15NO2. The Labute approximate surface area is 90.0 Å². The molecule has 1 aromatic rings. The fourth-order valence-corrected chi connectivity index (χ4v) is 1.07. The summed E-state index contributed by atoms with van der Waals surface area (Å²) in [5.41, 5.74) is 1.85. The van der Waals surface area contributed by atoms with Crippen LogP contribution in [0.25, 0.3) is 0 Å². The number of oxime groups is 1. The Morgan fingerprint density at radius 1 is 1.40 bits per heavy atom. The van der Waals surface area contributed by atoms with E-state index in [-0.39, 0.29) is 0 Å². The fraction of sp³-hybridized carbons (Fsp3) is 0.250. The van der Waals surface area contributed by atoms with E-state index in [1.807, 2.05) is 31.2 Å². The summed E-state index contributed by atoms with van der Waals surface area (Å²) < 4.78 is 5.06. The molecule has 0 atom stereocenters. The maximum Gasteiger partial charge on any atom is 0.135 e. The van der Waals surface area contributed by atoms with Crippen LogP contribution in [0.15, 0.2) is 42.1 Å². The zero-order valence-corrected chi connectivity index (χ0v) is 9.06. The van der Waals surface area contributed by atoms with Gasteiger partial charge in [0.25, 0.3) is 0 Å². The molecule has 0 aliphatic carbocycles. The average Bonchev–Trinajstić information content (AvgIpc) is 2.29. The lowest BCUT2D eigenvalue weighted by atomic mass is 10.1. The van der Waals surface area contributed by atoms with Gasteiger partial charge >= 0.3 is 0 Å². The highest BCUT2D eigenvalue weighted by Crippen LogP contribution is 2.11. The van der Waals surface area contributed by atoms with Crippen molar-refractivity contribution in [3.05, 3.63) is 42.5 Å². The number of benzene rings is 1. The highest BCUT2D eigenvalue weighted by atomic mass is 16.6. The third kappa shape index (κ3) is 3.46. The summed E-state index contributed by atoms with van der Waals surface area (Å²) in [5, 5.41) is 3.94. The zero-order chi connectivity index (χ0) is 11.1. The van der Waals surface area contributed by atoms with E-state index in [0.29, 0.717) is 6.61 Å². The molecule has 0 spiro atoms. The summed E-state index contributed by atoms with van der Waals surface area (Å²) in [6.07, 6.45) is 1.66. The van der Waals surface area contributed by atoms with E-state index in [1.54, 1.807) is 13.2 Å². The van der Waals surface area contributed by atoms with Gasteiger partial charge in [-0.1, -0.05) is 17.8 Å². The predicted octanol–water partition coefficient (Wildman–Crippen LogP) is 2.62. The smallest absolute Gasteiger partial charge is 0.135 e. The molecule has 0 radical (unpaired) electrons. The van der Waals surface area contributed by atoms with E-state index in [0.717, 1.165) is 17.0 Å². The van der Waals surface area contributed by atoms with E-state index in [9.17, 15) is 0 Å². The second-order valence-electron chi connectivity index (χ2n) is 2.99. The van der Waals surface area contributed by atoms with Crippen molar-refractivity contribution in [2.24, 2.45) is 5.16 Å². The van der Waals surface area contributed by atoms with Gasteiger partial charge in [-0.2, -0.15) is 0 Å². The first kappa shape index (κ1) is 11.3. The van der Waals surface area contributed by atoms with Gasteiger partial charge in [-0.3, -0.25) is 0 Å². The molecule has 1 aromatic carbocycles. The van der Waals surface area contributed by atoms with Gasteiger partial charge in [0.1, 0.15) is 12.4 Å². The minimum atomic E-state index is 0.424. The van der Waals surface area contributed by atoms with E-state index < -0.39 is 0 Å². The molecule has 0 unspecified atom stereocenters. The van der Waals surface area contributed by atoms with Crippen LogP contribution in [0.4, 0.5) is 0 Å². The number of ether oxygens (including phenoxy) is 1. The lowest BCUT2D eigenvalue weighted by Gasteiger charge is -2.02. The van der Waals surface area contributed by atoms with Gasteiger partial charge in [0.2, 0.25) is 0 Å². The van der Waals surface area contributed by atoms with E-state index in [4.69, 9.17) is 9.57 Å². The summed E-state index contributed by atoms with van der Waals surface area (Å²) in [6.45, 7) is 5.86. The second kappa shape index (κ2) is 5.86. The minimum Gasteiger partial charge on any atom is -0.497 e. The maximum atomic E-state index is 5.06. The molecule has 0 amide bonds. The van der Waals surface area contributed by atoms with Crippen LogP contribution in [0.1, 0.15) is 12.5 Å². The molecule has 0 fully saturated rings. The molecule has 1 rings (SSSR count). The fourth-order valence-electron chi connectivity index (χ4n) is 1.07. The van der Waals surface area contributed by atoms with Crippen molar-refractivity contribution in [2.75, 3.05) is 13.7 Å². The number of methoxy groups -OCH3 is 1. The van der Waals surface area contributed by atoms with E-state index >= 15 is 0 Å². The van der Waals surface area contributed by atoms with Crippen LogP contribution in [0.5, 0.6) is 5.75 Å². The summed E-state index contributed by atoms with van der Waals surface area (Å²) in [6, 6.07) is 7.66. The summed E-state index contributed by atoms with van der Waals surface area (Å²) in [7, 11) is 1.64. The molecule has 3 nitrogen and oxygen atoms in total. The van der Waals surface area contributed by atoms with Crippen LogP contribution in [0.2, 0.25) is 0 Å². The van der Waals surface area contributed by atoms with Crippen molar-refractivity contribution >= 4 is 5.71 Å². The molecular weight excluding hydrogens is 190 g/mol. The Kier molecular flexibility index (Phi) is 4.41. The number of rotatable bonds is 5. The van der Waals surface area contributed by atoms with Crippen LogP contribution in [0.3, 0.4) is 0 Å². The Morgan fingerprint density at radius 2 is 2.07 bits per heavy atom. The molecule has 80 valence electrons. The standard InChI is InChI=1S/C12H15NO2/c1-4-9-15-13-10(2)11-5-7-12(14-3)8-6-11/h4-8H,1,9H2,2-3H3/b13-10+. The molecule has 0 bridgehead atoms. The van der Waals surface area contributed by atoms with Crippen LogP contribution >= 0.6 is 0 Å². The molecule has 0 N–H and O–H groups in total. The van der Waals surface area contributed by atoms with Gasteiger partial charge in [0.15, 0.2) is 0 Å². The van der Waals surface area contributed by atoms with E-state index in [2.05, 4.69) is 11.7 Å². The molecule has 0 aromatic heterocycles. The monoisotopic (exact) mass is 205 g/mol. The van der Waals surface area contributed by atoms with Crippen molar-refractivity contribution in [1.82, 2.24) is 0 Å². The van der Waals surface area contributed by atoms with Crippen molar-refractivity contribution in [2.45, 2.75) is 6.92 Å². The maximum absolute atomic E-state index is 5.06. The van der Waals surface area contributed by atoms with Crippen LogP contribution in [0, 0.1) is 0 Å². The van der Waals surface area contributed by atoms with Crippen LogP contribution < -0.4 is 4.74 Å². The zero-order valence-electron chi connectivity index (χ0n) is 9.06.